The van der Waals surface area contributed by atoms with Gasteiger partial charge in [-0.05, 0) is 38.0 Å². The van der Waals surface area contributed by atoms with Crippen molar-refractivity contribution in [2.24, 2.45) is 11.8 Å². The molecule has 162 valence electrons. The Hall–Kier alpha value is -2.72. The summed E-state index contributed by atoms with van der Waals surface area (Å²) in [4.78, 5) is 39.1. The molecular formula is C20H25N3O6S. The van der Waals surface area contributed by atoms with Crippen molar-refractivity contribution in [1.82, 2.24) is 9.21 Å². The Morgan fingerprint density at radius 1 is 1.17 bits per heavy atom. The molecule has 1 aromatic carbocycles. The summed E-state index contributed by atoms with van der Waals surface area (Å²) < 4.78 is 31.3. The van der Waals surface area contributed by atoms with Crippen molar-refractivity contribution < 1.29 is 27.5 Å². The van der Waals surface area contributed by atoms with Gasteiger partial charge in [0.2, 0.25) is 27.7 Å². The minimum atomic E-state index is -3.81. The number of hydrogen-bond donors (Lipinski definition) is 1. The summed E-state index contributed by atoms with van der Waals surface area (Å²) >= 11 is 0. The number of hydrogen-bond acceptors (Lipinski definition) is 6. The molecule has 0 spiro atoms. The number of benzene rings is 1. The predicted octanol–water partition coefficient (Wildman–Crippen LogP) is 1.22. The van der Waals surface area contributed by atoms with Crippen LogP contribution in [0.3, 0.4) is 0 Å². The number of likely N-dealkylation sites (tertiary alicyclic amines) is 1. The van der Waals surface area contributed by atoms with Crippen LogP contribution in [0.2, 0.25) is 0 Å². The highest BCUT2D eigenvalue weighted by Gasteiger charge is 2.50. The van der Waals surface area contributed by atoms with Gasteiger partial charge in [0.15, 0.2) is 0 Å². The molecule has 30 heavy (non-hydrogen) atoms. The Bertz CT molecular complexity index is 991. The van der Waals surface area contributed by atoms with E-state index in [1.54, 1.807) is 0 Å². The average Bonchev–Trinajstić information content (AvgIpc) is 2.97. The number of carbonyl (C=O) groups is 3. The smallest absolute Gasteiger partial charge is 0.247 e. The van der Waals surface area contributed by atoms with Gasteiger partial charge in [-0.2, -0.15) is 0 Å². The second kappa shape index (κ2) is 8.19. The van der Waals surface area contributed by atoms with Crippen LogP contribution in [0.15, 0.2) is 35.2 Å². The van der Waals surface area contributed by atoms with Crippen molar-refractivity contribution in [3.63, 3.8) is 0 Å². The first-order valence-corrected chi connectivity index (χ1v) is 11.0. The van der Waals surface area contributed by atoms with Gasteiger partial charge in [-0.3, -0.25) is 19.3 Å². The van der Waals surface area contributed by atoms with Crippen LogP contribution in [-0.2, 0) is 24.4 Å². The lowest BCUT2D eigenvalue weighted by Gasteiger charge is -2.23. The van der Waals surface area contributed by atoms with Crippen LogP contribution in [0, 0.1) is 11.8 Å². The number of nitrogens with one attached hydrogen (secondary N) is 1. The number of amides is 3. The number of sulfonamides is 1. The minimum absolute atomic E-state index is 0.106. The first-order chi connectivity index (χ1) is 14.1. The maximum atomic E-state index is 12.8. The molecule has 2 aliphatic rings. The highest BCUT2D eigenvalue weighted by Crippen LogP contribution is 2.36. The number of nitrogens with zero attached hydrogens (tertiary/aromatic N) is 2. The van der Waals surface area contributed by atoms with Crippen molar-refractivity contribution in [2.45, 2.75) is 30.7 Å². The van der Waals surface area contributed by atoms with Gasteiger partial charge in [0, 0.05) is 19.8 Å². The van der Waals surface area contributed by atoms with Crippen molar-refractivity contribution in [3.05, 3.63) is 30.4 Å². The van der Waals surface area contributed by atoms with E-state index in [2.05, 4.69) is 5.32 Å². The molecule has 0 bridgehead atoms. The monoisotopic (exact) mass is 435 g/mol. The van der Waals surface area contributed by atoms with Gasteiger partial charge in [0.25, 0.3) is 0 Å². The molecule has 3 amide bonds. The van der Waals surface area contributed by atoms with Gasteiger partial charge < -0.3 is 10.1 Å². The molecule has 0 aromatic heterocycles. The fraction of sp³-hybridized carbons (Fsp3) is 0.450. The largest absolute Gasteiger partial charge is 0.495 e. The zero-order valence-corrected chi connectivity index (χ0v) is 18.1. The molecule has 1 fully saturated rings. The fourth-order valence-corrected chi connectivity index (χ4v) is 4.80. The molecule has 3 rings (SSSR count). The van der Waals surface area contributed by atoms with E-state index in [4.69, 9.17) is 4.74 Å². The van der Waals surface area contributed by atoms with Gasteiger partial charge in [0.05, 0.1) is 18.9 Å². The first kappa shape index (κ1) is 22.0. The molecule has 1 aliphatic heterocycles. The lowest BCUT2D eigenvalue weighted by atomic mass is 9.85. The van der Waals surface area contributed by atoms with Crippen molar-refractivity contribution >= 4 is 33.4 Å². The Morgan fingerprint density at radius 2 is 1.73 bits per heavy atom. The van der Waals surface area contributed by atoms with E-state index in [1.807, 2.05) is 12.2 Å². The number of carbonyl (C=O) groups excluding carboxylic acids is 3. The summed E-state index contributed by atoms with van der Waals surface area (Å²) in [5.74, 6) is -1.98. The third kappa shape index (κ3) is 3.72. The topological polar surface area (TPSA) is 113 Å². The lowest BCUT2D eigenvalue weighted by Crippen LogP contribution is -2.46. The predicted molar refractivity (Wildman–Crippen MR) is 109 cm³/mol. The third-order valence-electron chi connectivity index (χ3n) is 5.50. The summed E-state index contributed by atoms with van der Waals surface area (Å²) in [6.45, 7) is 1.48. The third-order valence-corrected chi connectivity index (χ3v) is 7.33. The molecule has 3 atom stereocenters. The van der Waals surface area contributed by atoms with E-state index in [0.717, 1.165) is 9.21 Å². The van der Waals surface area contributed by atoms with E-state index in [0.29, 0.717) is 12.8 Å². The molecule has 1 aliphatic carbocycles. The van der Waals surface area contributed by atoms with Crippen molar-refractivity contribution in [2.75, 3.05) is 26.5 Å². The molecule has 10 heteroatoms. The number of ether oxygens (including phenoxy) is 1. The quantitative estimate of drug-likeness (QED) is 0.531. The molecule has 1 N–H and O–H groups in total. The fourth-order valence-electron chi connectivity index (χ4n) is 3.72. The Kier molecular flexibility index (Phi) is 6.00. The zero-order valence-electron chi connectivity index (χ0n) is 17.3. The Morgan fingerprint density at radius 3 is 2.23 bits per heavy atom. The van der Waals surface area contributed by atoms with Crippen LogP contribution in [0.5, 0.6) is 5.75 Å². The van der Waals surface area contributed by atoms with E-state index in [-0.39, 0.29) is 28.1 Å². The number of rotatable bonds is 6. The van der Waals surface area contributed by atoms with Crippen LogP contribution >= 0.6 is 0 Å². The molecule has 9 nitrogen and oxygen atoms in total. The highest BCUT2D eigenvalue weighted by atomic mass is 32.2. The van der Waals surface area contributed by atoms with Gasteiger partial charge in [-0.1, -0.05) is 12.2 Å². The molecule has 0 saturated carbocycles. The normalized spacial score (nSPS) is 22.2. The van der Waals surface area contributed by atoms with Gasteiger partial charge >= 0.3 is 0 Å². The SMILES string of the molecule is COc1ccc(NC(=O)[C@H](C)N2C(=O)[C@@H]3CC=CC[C@H]3C2=O)cc1S(=O)(=O)N(C)C. The molecule has 1 heterocycles. The van der Waals surface area contributed by atoms with Crippen LogP contribution < -0.4 is 10.1 Å². The Balaban J connectivity index is 1.82. The van der Waals surface area contributed by atoms with E-state index in [1.165, 1.54) is 46.3 Å². The Labute approximate surface area is 175 Å². The lowest BCUT2D eigenvalue weighted by molar-refractivity contribution is -0.146. The van der Waals surface area contributed by atoms with Gasteiger partial charge in [-0.15, -0.1) is 0 Å². The van der Waals surface area contributed by atoms with Crippen molar-refractivity contribution in [3.8, 4) is 5.75 Å². The van der Waals surface area contributed by atoms with Crippen molar-refractivity contribution in [1.29, 1.82) is 0 Å². The maximum Gasteiger partial charge on any atom is 0.247 e. The highest BCUT2D eigenvalue weighted by molar-refractivity contribution is 7.89. The summed E-state index contributed by atoms with van der Waals surface area (Å²) in [7, 11) is 0.316. The number of methoxy groups -OCH3 is 1. The van der Waals surface area contributed by atoms with E-state index >= 15 is 0 Å². The second-order valence-corrected chi connectivity index (χ2v) is 9.64. The molecular weight excluding hydrogens is 410 g/mol. The van der Waals surface area contributed by atoms with Gasteiger partial charge in [0.1, 0.15) is 16.7 Å². The first-order valence-electron chi connectivity index (χ1n) is 9.53. The summed E-state index contributed by atoms with van der Waals surface area (Å²) in [6, 6.07) is 3.20. The van der Waals surface area contributed by atoms with Crippen LogP contribution in [0.25, 0.3) is 0 Å². The summed E-state index contributed by atoms with van der Waals surface area (Å²) in [5.41, 5.74) is 0.214. The molecule has 1 aromatic rings. The average molecular weight is 436 g/mol. The zero-order chi connectivity index (χ0) is 22.2. The summed E-state index contributed by atoms with van der Waals surface area (Å²) in [6.07, 6.45) is 4.74. The number of anilines is 1. The summed E-state index contributed by atoms with van der Waals surface area (Å²) in [5, 5.41) is 2.60. The van der Waals surface area contributed by atoms with Crippen LogP contribution in [0.1, 0.15) is 19.8 Å². The molecule has 0 radical (unpaired) electrons. The van der Waals surface area contributed by atoms with E-state index in [9.17, 15) is 22.8 Å². The maximum absolute atomic E-state index is 12.8. The number of fused-ring (bicyclic) bond motifs is 1. The standard InChI is InChI=1S/C20H25N3O6S/c1-12(23-19(25)14-7-5-6-8-15(14)20(23)26)18(24)21-13-9-10-16(29-4)17(11-13)30(27,28)22(2)3/h5-6,9-12,14-15H,7-8H2,1-4H3,(H,21,24)/t12-,14+,15+/m0/s1. The molecule has 0 unspecified atom stereocenters. The van der Waals surface area contributed by atoms with Gasteiger partial charge in [-0.25, -0.2) is 12.7 Å². The van der Waals surface area contributed by atoms with E-state index < -0.39 is 33.8 Å². The second-order valence-electron chi connectivity index (χ2n) is 7.52. The number of imide groups is 1. The molecule has 1 saturated heterocycles. The minimum Gasteiger partial charge on any atom is -0.495 e. The van der Waals surface area contributed by atoms with Crippen LogP contribution in [-0.4, -0.2) is 62.6 Å². The number of allylic oxidation sites excluding steroid dienone is 2. The van der Waals surface area contributed by atoms with Crippen LogP contribution in [0.4, 0.5) is 5.69 Å².